The fourth-order valence-corrected chi connectivity index (χ4v) is 2.99. The second-order valence-corrected chi connectivity index (χ2v) is 6.03. The van der Waals surface area contributed by atoms with Gasteiger partial charge < -0.3 is 14.4 Å². The number of aryl methyl sites for hydroxylation is 1. The minimum absolute atomic E-state index is 0.0321. The average molecular weight is 352 g/mol. The van der Waals surface area contributed by atoms with Crippen molar-refractivity contribution >= 4 is 23.3 Å². The van der Waals surface area contributed by atoms with Gasteiger partial charge in [-0.15, -0.1) is 0 Å². The third-order valence-electron chi connectivity index (χ3n) is 4.43. The Morgan fingerprint density at radius 2 is 1.96 bits per heavy atom. The molecular formula is C20H20N2O4. The predicted molar refractivity (Wildman–Crippen MR) is 99.4 cm³/mol. The number of methoxy groups -OCH3 is 2. The van der Waals surface area contributed by atoms with Crippen LogP contribution in [0, 0.1) is 6.92 Å². The van der Waals surface area contributed by atoms with Crippen LogP contribution in [-0.2, 0) is 9.53 Å². The number of aliphatic imine (C=N–C) groups is 1. The highest BCUT2D eigenvalue weighted by molar-refractivity contribution is 6.20. The second kappa shape index (κ2) is 7.00. The number of carbonyl (C=O) groups is 2. The first-order valence-corrected chi connectivity index (χ1v) is 8.15. The third-order valence-corrected chi connectivity index (χ3v) is 4.43. The Balaban J connectivity index is 2.20. The molecule has 0 radical (unpaired) electrons. The molecule has 1 aliphatic rings. The van der Waals surface area contributed by atoms with E-state index in [1.165, 1.54) is 7.11 Å². The maximum absolute atomic E-state index is 12.4. The first-order valence-electron chi connectivity index (χ1n) is 8.15. The first-order chi connectivity index (χ1) is 12.5. The van der Waals surface area contributed by atoms with Crippen LogP contribution < -0.4 is 9.64 Å². The van der Waals surface area contributed by atoms with Gasteiger partial charge >= 0.3 is 5.97 Å². The van der Waals surface area contributed by atoms with Crippen molar-refractivity contribution in [2.45, 2.75) is 6.92 Å². The van der Waals surface area contributed by atoms with E-state index in [0.29, 0.717) is 17.0 Å². The van der Waals surface area contributed by atoms with Gasteiger partial charge in [-0.2, -0.15) is 0 Å². The Morgan fingerprint density at radius 1 is 1.19 bits per heavy atom. The summed E-state index contributed by atoms with van der Waals surface area (Å²) in [6, 6.07) is 10.8. The molecule has 0 unspecified atom stereocenters. The molecule has 134 valence electrons. The van der Waals surface area contributed by atoms with Crippen LogP contribution in [0.3, 0.4) is 0 Å². The van der Waals surface area contributed by atoms with Crippen LogP contribution in [0.5, 0.6) is 5.75 Å². The molecule has 0 aromatic heterocycles. The van der Waals surface area contributed by atoms with Gasteiger partial charge in [0.1, 0.15) is 12.3 Å². The molecule has 1 amide bonds. The lowest BCUT2D eigenvalue weighted by molar-refractivity contribution is -0.116. The van der Waals surface area contributed by atoms with Crippen LogP contribution in [-0.4, -0.2) is 45.4 Å². The lowest BCUT2D eigenvalue weighted by Crippen LogP contribution is -2.27. The number of benzene rings is 2. The van der Waals surface area contributed by atoms with Crippen molar-refractivity contribution in [3.8, 4) is 5.75 Å². The summed E-state index contributed by atoms with van der Waals surface area (Å²) in [6.45, 7) is 1.97. The zero-order valence-corrected chi connectivity index (χ0v) is 15.2. The average Bonchev–Trinajstić information content (AvgIpc) is 2.77. The van der Waals surface area contributed by atoms with E-state index in [1.54, 1.807) is 37.3 Å². The summed E-state index contributed by atoms with van der Waals surface area (Å²) >= 11 is 0. The molecule has 1 heterocycles. The summed E-state index contributed by atoms with van der Waals surface area (Å²) in [6.07, 6.45) is 0. The molecule has 0 spiro atoms. The van der Waals surface area contributed by atoms with Crippen LogP contribution in [0.2, 0.25) is 0 Å². The summed E-state index contributed by atoms with van der Waals surface area (Å²) in [5.41, 5.74) is 4.32. The van der Waals surface area contributed by atoms with Crippen molar-refractivity contribution in [3.05, 3.63) is 58.7 Å². The van der Waals surface area contributed by atoms with Gasteiger partial charge in [-0.05, 0) is 30.7 Å². The van der Waals surface area contributed by atoms with E-state index in [0.717, 1.165) is 22.4 Å². The molecule has 0 bridgehead atoms. The Bertz CT molecular complexity index is 918. The highest BCUT2D eigenvalue weighted by Gasteiger charge is 2.24. The zero-order valence-electron chi connectivity index (χ0n) is 15.2. The normalized spacial score (nSPS) is 13.6. The van der Waals surface area contributed by atoms with E-state index >= 15 is 0 Å². The predicted octanol–water partition coefficient (Wildman–Crippen LogP) is 2.60. The number of ether oxygens (including phenoxy) is 2. The number of carbonyl (C=O) groups excluding carboxylic acids is 2. The molecule has 3 rings (SSSR count). The largest absolute Gasteiger partial charge is 0.496 e. The maximum atomic E-state index is 12.4. The third kappa shape index (κ3) is 3.06. The van der Waals surface area contributed by atoms with Crippen LogP contribution in [0.15, 0.2) is 41.4 Å². The number of benzodiazepines with no additional fused rings is 1. The number of likely N-dealkylation sites (N-methyl/N-ethyl adjacent to an activating group) is 1. The van der Waals surface area contributed by atoms with Gasteiger partial charge in [0, 0.05) is 24.2 Å². The Morgan fingerprint density at radius 3 is 2.65 bits per heavy atom. The van der Waals surface area contributed by atoms with Gasteiger partial charge in [-0.3, -0.25) is 9.79 Å². The van der Waals surface area contributed by atoms with Gasteiger partial charge in [0.15, 0.2) is 0 Å². The van der Waals surface area contributed by atoms with Gasteiger partial charge in [0.25, 0.3) is 0 Å². The van der Waals surface area contributed by atoms with E-state index in [9.17, 15) is 9.59 Å². The van der Waals surface area contributed by atoms with Crippen LogP contribution >= 0.6 is 0 Å². The Kier molecular flexibility index (Phi) is 4.75. The summed E-state index contributed by atoms with van der Waals surface area (Å²) in [4.78, 5) is 30.3. The molecule has 0 saturated carbocycles. The standard InChI is InChI=1S/C20H20N2O4/c1-12-8-15-16(10-17(12)25-3)22(2)18(23)11-21-19(15)13-6-5-7-14(9-13)20(24)26-4/h5-10H,11H2,1-4H3. The number of hydrogen-bond donors (Lipinski definition) is 0. The molecule has 0 fully saturated rings. The molecule has 1 aliphatic heterocycles. The minimum Gasteiger partial charge on any atom is -0.496 e. The fraction of sp³-hybridized carbons (Fsp3) is 0.250. The molecule has 0 saturated heterocycles. The fourth-order valence-electron chi connectivity index (χ4n) is 2.99. The van der Waals surface area contributed by atoms with Gasteiger partial charge in [0.2, 0.25) is 5.91 Å². The lowest BCUT2D eigenvalue weighted by atomic mass is 9.96. The monoisotopic (exact) mass is 352 g/mol. The van der Waals surface area contributed by atoms with E-state index in [1.807, 2.05) is 25.1 Å². The molecule has 26 heavy (non-hydrogen) atoms. The summed E-state index contributed by atoms with van der Waals surface area (Å²) in [5.74, 6) is 0.171. The molecule has 2 aromatic rings. The number of amides is 1. The van der Waals surface area contributed by atoms with Crippen molar-refractivity contribution in [1.29, 1.82) is 0 Å². The summed E-state index contributed by atoms with van der Waals surface area (Å²) in [7, 11) is 4.66. The van der Waals surface area contributed by atoms with Crippen molar-refractivity contribution in [1.82, 2.24) is 0 Å². The number of fused-ring (bicyclic) bond motifs is 1. The molecule has 2 aromatic carbocycles. The van der Waals surface area contributed by atoms with E-state index in [2.05, 4.69) is 4.99 Å². The lowest BCUT2D eigenvalue weighted by Gasteiger charge is -2.20. The summed E-state index contributed by atoms with van der Waals surface area (Å²) < 4.78 is 10.2. The Hall–Kier alpha value is -3.15. The molecule has 6 nitrogen and oxygen atoms in total. The van der Waals surface area contributed by atoms with E-state index < -0.39 is 5.97 Å². The number of esters is 1. The number of anilines is 1. The number of nitrogens with zero attached hydrogens (tertiary/aromatic N) is 2. The number of hydrogen-bond acceptors (Lipinski definition) is 5. The van der Waals surface area contributed by atoms with Gasteiger partial charge in [0.05, 0.1) is 31.2 Å². The highest BCUT2D eigenvalue weighted by Crippen LogP contribution is 2.32. The minimum atomic E-state index is -0.416. The number of rotatable bonds is 3. The van der Waals surface area contributed by atoms with E-state index in [-0.39, 0.29) is 12.5 Å². The van der Waals surface area contributed by atoms with Crippen LogP contribution in [0.1, 0.15) is 27.0 Å². The van der Waals surface area contributed by atoms with E-state index in [4.69, 9.17) is 9.47 Å². The van der Waals surface area contributed by atoms with Gasteiger partial charge in [-0.1, -0.05) is 12.1 Å². The first kappa shape index (κ1) is 17.7. The SMILES string of the molecule is COC(=O)c1cccc(C2=NCC(=O)N(C)c3cc(OC)c(C)cc32)c1. The highest BCUT2D eigenvalue weighted by atomic mass is 16.5. The smallest absolute Gasteiger partial charge is 0.337 e. The van der Waals surface area contributed by atoms with Crippen molar-refractivity contribution < 1.29 is 19.1 Å². The van der Waals surface area contributed by atoms with Crippen molar-refractivity contribution in [2.24, 2.45) is 4.99 Å². The second-order valence-electron chi connectivity index (χ2n) is 6.03. The van der Waals surface area contributed by atoms with Crippen molar-refractivity contribution in [3.63, 3.8) is 0 Å². The van der Waals surface area contributed by atoms with Crippen LogP contribution in [0.25, 0.3) is 0 Å². The molecule has 6 heteroatoms. The van der Waals surface area contributed by atoms with Gasteiger partial charge in [-0.25, -0.2) is 4.79 Å². The maximum Gasteiger partial charge on any atom is 0.337 e. The zero-order chi connectivity index (χ0) is 18.8. The molecule has 0 N–H and O–H groups in total. The Labute approximate surface area is 152 Å². The quantitative estimate of drug-likeness (QED) is 0.797. The summed E-state index contributed by atoms with van der Waals surface area (Å²) in [5, 5.41) is 0. The van der Waals surface area contributed by atoms with Crippen molar-refractivity contribution in [2.75, 3.05) is 32.7 Å². The molecular weight excluding hydrogens is 332 g/mol. The topological polar surface area (TPSA) is 68.2 Å². The molecule has 0 aliphatic carbocycles. The molecule has 0 atom stereocenters. The van der Waals surface area contributed by atoms with Crippen LogP contribution in [0.4, 0.5) is 5.69 Å².